The van der Waals surface area contributed by atoms with Crippen molar-refractivity contribution in [2.24, 2.45) is 0 Å². The van der Waals surface area contributed by atoms with Crippen LogP contribution in [0, 0.1) is 0 Å². The average molecular weight is 216 g/mol. The van der Waals surface area contributed by atoms with Crippen molar-refractivity contribution in [2.75, 3.05) is 7.11 Å². The van der Waals surface area contributed by atoms with Crippen molar-refractivity contribution in [1.82, 2.24) is 0 Å². The first-order chi connectivity index (χ1) is 7.70. The molecule has 0 amide bonds. The summed E-state index contributed by atoms with van der Waals surface area (Å²) >= 11 is 0. The average Bonchev–Trinajstić information content (AvgIpc) is 2.28. The molecular formula is C13H12O3. The molecule has 0 spiro atoms. The molecule has 0 saturated carbocycles. The molecule has 2 rings (SSSR count). The maximum Gasteiger partial charge on any atom is 0.127 e. The number of hydrogen-bond acceptors (Lipinski definition) is 3. The van der Waals surface area contributed by atoms with Crippen LogP contribution < -0.4 is 4.74 Å². The van der Waals surface area contributed by atoms with E-state index in [1.54, 1.807) is 43.5 Å². The second-order valence-corrected chi connectivity index (χ2v) is 3.43. The quantitative estimate of drug-likeness (QED) is 0.811. The van der Waals surface area contributed by atoms with Gasteiger partial charge in [-0.05, 0) is 29.8 Å². The summed E-state index contributed by atoms with van der Waals surface area (Å²) in [5.41, 5.74) is 1.43. The van der Waals surface area contributed by atoms with Crippen LogP contribution in [0.3, 0.4) is 0 Å². The number of ether oxygens (including phenoxy) is 1. The van der Waals surface area contributed by atoms with Crippen molar-refractivity contribution in [1.29, 1.82) is 0 Å². The first kappa shape index (κ1) is 10.4. The molecule has 0 fully saturated rings. The Bertz CT molecular complexity index is 506. The molecule has 3 heteroatoms. The fourth-order valence-electron chi connectivity index (χ4n) is 1.56. The minimum absolute atomic E-state index is 0.130. The second-order valence-electron chi connectivity index (χ2n) is 3.43. The number of aromatic hydroxyl groups is 2. The number of methoxy groups -OCH3 is 1. The predicted molar refractivity (Wildman–Crippen MR) is 61.8 cm³/mol. The number of phenols is 2. The maximum atomic E-state index is 9.81. The molecule has 2 aromatic carbocycles. The summed E-state index contributed by atoms with van der Waals surface area (Å²) in [6.45, 7) is 0. The van der Waals surface area contributed by atoms with Crippen molar-refractivity contribution in [2.45, 2.75) is 0 Å². The summed E-state index contributed by atoms with van der Waals surface area (Å²) in [5, 5.41) is 19.2. The van der Waals surface area contributed by atoms with E-state index >= 15 is 0 Å². The lowest BCUT2D eigenvalue weighted by atomic mass is 10.0. The van der Waals surface area contributed by atoms with Crippen molar-refractivity contribution >= 4 is 0 Å². The minimum atomic E-state index is 0.130. The summed E-state index contributed by atoms with van der Waals surface area (Å²) < 4.78 is 5.00. The first-order valence-electron chi connectivity index (χ1n) is 4.87. The molecule has 0 unspecified atom stereocenters. The molecule has 0 bridgehead atoms. The van der Waals surface area contributed by atoms with E-state index in [0.717, 1.165) is 5.56 Å². The van der Waals surface area contributed by atoms with Gasteiger partial charge in [-0.15, -0.1) is 0 Å². The Morgan fingerprint density at radius 1 is 1.00 bits per heavy atom. The number of hydrogen-bond donors (Lipinski definition) is 2. The van der Waals surface area contributed by atoms with Gasteiger partial charge in [0, 0.05) is 11.6 Å². The topological polar surface area (TPSA) is 49.7 Å². The highest BCUT2D eigenvalue weighted by atomic mass is 16.5. The van der Waals surface area contributed by atoms with Gasteiger partial charge < -0.3 is 14.9 Å². The van der Waals surface area contributed by atoms with Gasteiger partial charge in [-0.2, -0.15) is 0 Å². The van der Waals surface area contributed by atoms with Crippen molar-refractivity contribution in [3.63, 3.8) is 0 Å². The van der Waals surface area contributed by atoms with Crippen LogP contribution in [0.2, 0.25) is 0 Å². The highest BCUT2D eigenvalue weighted by molar-refractivity contribution is 5.72. The minimum Gasteiger partial charge on any atom is -0.508 e. The Kier molecular flexibility index (Phi) is 2.68. The van der Waals surface area contributed by atoms with Gasteiger partial charge in [0.15, 0.2) is 0 Å². The highest BCUT2D eigenvalue weighted by Gasteiger charge is 2.05. The summed E-state index contributed by atoms with van der Waals surface area (Å²) in [6, 6.07) is 11.8. The van der Waals surface area contributed by atoms with Crippen LogP contribution in [0.5, 0.6) is 17.2 Å². The lowest BCUT2D eigenvalue weighted by molar-refractivity contribution is 0.408. The van der Waals surface area contributed by atoms with E-state index in [-0.39, 0.29) is 11.5 Å². The fraction of sp³-hybridized carbons (Fsp3) is 0.0769. The van der Waals surface area contributed by atoms with Crippen molar-refractivity contribution < 1.29 is 14.9 Å². The lowest BCUT2D eigenvalue weighted by Gasteiger charge is -2.07. The van der Waals surface area contributed by atoms with Gasteiger partial charge in [-0.1, -0.05) is 12.1 Å². The standard InChI is InChI=1S/C13H12O3/c1-16-11-5-6-12(13(15)8-11)9-3-2-4-10(14)7-9/h2-8,14-15H,1H3. The summed E-state index contributed by atoms with van der Waals surface area (Å²) in [6.07, 6.45) is 0. The molecule has 2 aromatic rings. The van der Waals surface area contributed by atoms with Crippen LogP contribution in [-0.2, 0) is 0 Å². The summed E-state index contributed by atoms with van der Waals surface area (Å²) in [4.78, 5) is 0. The summed E-state index contributed by atoms with van der Waals surface area (Å²) in [5.74, 6) is 0.902. The zero-order chi connectivity index (χ0) is 11.5. The normalized spacial score (nSPS) is 10.1. The maximum absolute atomic E-state index is 9.81. The zero-order valence-corrected chi connectivity index (χ0v) is 8.84. The Labute approximate surface area is 93.6 Å². The van der Waals surface area contributed by atoms with E-state index in [4.69, 9.17) is 4.74 Å². The molecule has 0 radical (unpaired) electrons. The van der Waals surface area contributed by atoms with Crippen LogP contribution in [0.15, 0.2) is 42.5 Å². The third kappa shape index (κ3) is 1.93. The molecule has 82 valence electrons. The van der Waals surface area contributed by atoms with Crippen LogP contribution >= 0.6 is 0 Å². The fourth-order valence-corrected chi connectivity index (χ4v) is 1.56. The van der Waals surface area contributed by atoms with E-state index < -0.39 is 0 Å². The molecule has 2 N–H and O–H groups in total. The largest absolute Gasteiger partial charge is 0.508 e. The Morgan fingerprint density at radius 2 is 1.81 bits per heavy atom. The number of rotatable bonds is 2. The zero-order valence-electron chi connectivity index (χ0n) is 8.84. The van der Waals surface area contributed by atoms with Crippen LogP contribution in [0.25, 0.3) is 11.1 Å². The molecule has 3 nitrogen and oxygen atoms in total. The second kappa shape index (κ2) is 4.14. The SMILES string of the molecule is COc1ccc(-c2cccc(O)c2)c(O)c1. The third-order valence-electron chi connectivity index (χ3n) is 2.36. The first-order valence-corrected chi connectivity index (χ1v) is 4.87. The molecular weight excluding hydrogens is 204 g/mol. The van der Waals surface area contributed by atoms with Crippen LogP contribution in [-0.4, -0.2) is 17.3 Å². The Hall–Kier alpha value is -2.16. The smallest absolute Gasteiger partial charge is 0.127 e. The van der Waals surface area contributed by atoms with E-state index in [2.05, 4.69) is 0 Å². The van der Waals surface area contributed by atoms with Crippen LogP contribution in [0.1, 0.15) is 0 Å². The number of phenolic OH excluding ortho intramolecular Hbond substituents is 2. The monoisotopic (exact) mass is 216 g/mol. The van der Waals surface area contributed by atoms with E-state index in [1.165, 1.54) is 0 Å². The highest BCUT2D eigenvalue weighted by Crippen LogP contribution is 2.33. The molecule has 0 heterocycles. The van der Waals surface area contributed by atoms with Gasteiger partial charge in [0.25, 0.3) is 0 Å². The van der Waals surface area contributed by atoms with Crippen LogP contribution in [0.4, 0.5) is 0 Å². The van der Waals surface area contributed by atoms with Crippen molar-refractivity contribution in [3.05, 3.63) is 42.5 Å². The van der Waals surface area contributed by atoms with Gasteiger partial charge >= 0.3 is 0 Å². The number of benzene rings is 2. The molecule has 0 aliphatic rings. The Morgan fingerprint density at radius 3 is 2.44 bits per heavy atom. The summed E-state index contributed by atoms with van der Waals surface area (Å²) in [7, 11) is 1.54. The van der Waals surface area contributed by atoms with Gasteiger partial charge in [0.1, 0.15) is 17.2 Å². The third-order valence-corrected chi connectivity index (χ3v) is 2.36. The predicted octanol–water partition coefficient (Wildman–Crippen LogP) is 2.77. The lowest BCUT2D eigenvalue weighted by Crippen LogP contribution is -1.84. The van der Waals surface area contributed by atoms with Crippen molar-refractivity contribution in [3.8, 4) is 28.4 Å². The van der Waals surface area contributed by atoms with E-state index in [0.29, 0.717) is 11.3 Å². The molecule has 0 aromatic heterocycles. The molecule has 0 atom stereocenters. The van der Waals surface area contributed by atoms with Gasteiger partial charge in [0.2, 0.25) is 0 Å². The van der Waals surface area contributed by atoms with E-state index in [1.807, 2.05) is 6.07 Å². The van der Waals surface area contributed by atoms with Gasteiger partial charge in [0.05, 0.1) is 7.11 Å². The van der Waals surface area contributed by atoms with E-state index in [9.17, 15) is 10.2 Å². The van der Waals surface area contributed by atoms with Gasteiger partial charge in [-0.3, -0.25) is 0 Å². The molecule has 16 heavy (non-hydrogen) atoms. The molecule has 0 aliphatic carbocycles. The Balaban J connectivity index is 2.48. The van der Waals surface area contributed by atoms with Gasteiger partial charge in [-0.25, -0.2) is 0 Å². The molecule has 0 saturated heterocycles. The molecule has 0 aliphatic heterocycles.